The Bertz CT molecular complexity index is 482. The summed E-state index contributed by atoms with van der Waals surface area (Å²) in [4.78, 5) is 15.5. The quantitative estimate of drug-likeness (QED) is 0.865. The molecule has 3 N–H and O–H groups in total. The van der Waals surface area contributed by atoms with Gasteiger partial charge >= 0.3 is 5.69 Å². The molecule has 0 aliphatic carbocycles. The first kappa shape index (κ1) is 16.5. The second kappa shape index (κ2) is 7.91. The maximum atomic E-state index is 11.7. The SMILES string of the molecule is CCc1cn(C2CCC(CO)O2)c(=O)nc1N.FCF. The van der Waals surface area contributed by atoms with E-state index in [1.54, 1.807) is 6.20 Å². The van der Waals surface area contributed by atoms with Crippen LogP contribution >= 0.6 is 0 Å². The number of nitrogens with zero attached hydrogens (tertiary/aromatic N) is 2. The number of hydrogen-bond donors (Lipinski definition) is 2. The molecule has 1 aliphatic rings. The van der Waals surface area contributed by atoms with Crippen LogP contribution < -0.4 is 11.4 Å². The van der Waals surface area contributed by atoms with Crippen molar-refractivity contribution in [2.24, 2.45) is 0 Å². The third kappa shape index (κ3) is 3.97. The Morgan fingerprint density at radius 2 is 2.20 bits per heavy atom. The summed E-state index contributed by atoms with van der Waals surface area (Å²) in [5.41, 5.74) is 6.08. The van der Waals surface area contributed by atoms with Crippen molar-refractivity contribution in [1.82, 2.24) is 9.55 Å². The minimum absolute atomic E-state index is 0.0196. The molecule has 0 saturated carbocycles. The van der Waals surface area contributed by atoms with Crippen molar-refractivity contribution in [2.75, 3.05) is 19.3 Å². The lowest BCUT2D eigenvalue weighted by molar-refractivity contribution is -0.0246. The molecule has 1 fully saturated rings. The van der Waals surface area contributed by atoms with Crippen LogP contribution in [0.4, 0.5) is 14.6 Å². The van der Waals surface area contributed by atoms with Crippen molar-refractivity contribution in [1.29, 1.82) is 0 Å². The minimum atomic E-state index is -1.75. The normalized spacial score (nSPS) is 21.4. The van der Waals surface area contributed by atoms with Crippen LogP contribution in [0.5, 0.6) is 0 Å². The number of nitrogen functional groups attached to an aromatic ring is 1. The molecule has 6 nitrogen and oxygen atoms in total. The average molecular weight is 291 g/mol. The van der Waals surface area contributed by atoms with Gasteiger partial charge in [-0.1, -0.05) is 6.92 Å². The maximum Gasteiger partial charge on any atom is 0.351 e. The average Bonchev–Trinajstić information content (AvgIpc) is 2.88. The molecule has 0 bridgehead atoms. The molecule has 1 saturated heterocycles. The van der Waals surface area contributed by atoms with Crippen molar-refractivity contribution in [2.45, 2.75) is 38.5 Å². The molecule has 8 heteroatoms. The van der Waals surface area contributed by atoms with Crippen LogP contribution in [0.3, 0.4) is 0 Å². The second-order valence-corrected chi connectivity index (χ2v) is 4.27. The monoisotopic (exact) mass is 291 g/mol. The molecule has 0 amide bonds. The number of hydrogen-bond acceptors (Lipinski definition) is 5. The Balaban J connectivity index is 0.000000612. The zero-order valence-electron chi connectivity index (χ0n) is 11.3. The Kier molecular flexibility index (Phi) is 6.53. The Morgan fingerprint density at radius 3 is 2.70 bits per heavy atom. The fraction of sp³-hybridized carbons (Fsp3) is 0.667. The third-order valence-corrected chi connectivity index (χ3v) is 3.04. The molecule has 2 unspecified atom stereocenters. The summed E-state index contributed by atoms with van der Waals surface area (Å²) < 4.78 is 26.3. The summed E-state index contributed by atoms with van der Waals surface area (Å²) in [6, 6.07) is 0. The largest absolute Gasteiger partial charge is 0.394 e. The molecular weight excluding hydrogens is 272 g/mol. The third-order valence-electron chi connectivity index (χ3n) is 3.04. The van der Waals surface area contributed by atoms with E-state index < -0.39 is 12.6 Å². The molecule has 1 aliphatic heterocycles. The van der Waals surface area contributed by atoms with Gasteiger partial charge in [0.25, 0.3) is 0 Å². The fourth-order valence-corrected chi connectivity index (χ4v) is 2.03. The second-order valence-electron chi connectivity index (χ2n) is 4.27. The standard InChI is InChI=1S/C11H17N3O3.CH2F2/c1-2-7-5-14(11(16)13-10(7)12)9-4-3-8(6-15)17-9;2-1-3/h5,8-9,15H,2-4,6H2,1H3,(H2,12,13,16);1H2. The molecular formula is C12H19F2N3O3. The van der Waals surface area contributed by atoms with Crippen LogP contribution in [0.25, 0.3) is 0 Å². The summed E-state index contributed by atoms with van der Waals surface area (Å²) in [5, 5.41) is 9.00. The van der Waals surface area contributed by atoms with Crippen molar-refractivity contribution >= 4 is 5.82 Å². The summed E-state index contributed by atoms with van der Waals surface area (Å²) in [6.07, 6.45) is 3.36. The highest BCUT2D eigenvalue weighted by atomic mass is 19.3. The van der Waals surface area contributed by atoms with E-state index in [9.17, 15) is 13.6 Å². The number of aliphatic hydroxyl groups excluding tert-OH is 1. The van der Waals surface area contributed by atoms with E-state index in [1.807, 2.05) is 6.92 Å². The molecule has 20 heavy (non-hydrogen) atoms. The number of rotatable bonds is 3. The highest BCUT2D eigenvalue weighted by Crippen LogP contribution is 2.27. The number of aliphatic hydroxyl groups is 1. The summed E-state index contributed by atoms with van der Waals surface area (Å²) in [5.74, 6) is 0.283. The van der Waals surface area contributed by atoms with Gasteiger partial charge in [-0.15, -0.1) is 0 Å². The van der Waals surface area contributed by atoms with Crippen LogP contribution in [0.2, 0.25) is 0 Å². The molecule has 0 spiro atoms. The number of aryl methyl sites for hydroxylation is 1. The number of anilines is 1. The van der Waals surface area contributed by atoms with Gasteiger partial charge in [-0.3, -0.25) is 4.57 Å². The Hall–Kier alpha value is -1.54. The van der Waals surface area contributed by atoms with Crippen LogP contribution in [0.15, 0.2) is 11.0 Å². The van der Waals surface area contributed by atoms with E-state index in [4.69, 9.17) is 15.6 Å². The van der Waals surface area contributed by atoms with Crippen molar-refractivity contribution in [3.63, 3.8) is 0 Å². The lowest BCUT2D eigenvalue weighted by Gasteiger charge is -2.16. The Morgan fingerprint density at radius 1 is 1.55 bits per heavy atom. The van der Waals surface area contributed by atoms with Crippen LogP contribution in [0.1, 0.15) is 31.6 Å². The topological polar surface area (TPSA) is 90.4 Å². The minimum Gasteiger partial charge on any atom is -0.394 e. The van der Waals surface area contributed by atoms with Gasteiger partial charge in [0.1, 0.15) is 12.0 Å². The molecule has 2 heterocycles. The lowest BCUT2D eigenvalue weighted by atomic mass is 10.2. The fourth-order valence-electron chi connectivity index (χ4n) is 2.03. The summed E-state index contributed by atoms with van der Waals surface area (Å²) in [6.45, 7) is 0.183. The number of aromatic nitrogens is 2. The molecule has 2 rings (SSSR count). The van der Waals surface area contributed by atoms with Gasteiger partial charge in [-0.25, -0.2) is 13.6 Å². The summed E-state index contributed by atoms with van der Waals surface area (Å²) >= 11 is 0. The van der Waals surface area contributed by atoms with Gasteiger partial charge < -0.3 is 15.6 Å². The van der Waals surface area contributed by atoms with Gasteiger partial charge in [0.05, 0.1) is 12.7 Å². The van der Waals surface area contributed by atoms with E-state index in [1.165, 1.54) is 4.57 Å². The molecule has 1 aromatic heterocycles. The number of alkyl halides is 2. The maximum absolute atomic E-state index is 11.7. The van der Waals surface area contributed by atoms with Crippen LogP contribution in [0, 0.1) is 0 Å². The molecule has 1 aromatic rings. The number of nitrogens with two attached hydrogens (primary N) is 1. The molecule has 114 valence electrons. The first-order chi connectivity index (χ1) is 9.57. The zero-order chi connectivity index (χ0) is 15.1. The lowest BCUT2D eigenvalue weighted by Crippen LogP contribution is -2.29. The van der Waals surface area contributed by atoms with Gasteiger partial charge in [0.2, 0.25) is 6.93 Å². The predicted octanol–water partition coefficient (Wildman–Crippen LogP) is 0.941. The predicted molar refractivity (Wildman–Crippen MR) is 69.6 cm³/mol. The molecule has 0 radical (unpaired) electrons. The molecule has 0 aromatic carbocycles. The summed E-state index contributed by atoms with van der Waals surface area (Å²) in [7, 11) is 0. The van der Waals surface area contributed by atoms with Crippen LogP contribution in [-0.4, -0.2) is 34.3 Å². The smallest absolute Gasteiger partial charge is 0.351 e. The van der Waals surface area contributed by atoms with E-state index in [2.05, 4.69) is 4.98 Å². The van der Waals surface area contributed by atoms with Crippen molar-refractivity contribution in [3.05, 3.63) is 22.2 Å². The zero-order valence-corrected chi connectivity index (χ0v) is 11.3. The molecule has 2 atom stereocenters. The number of ether oxygens (including phenoxy) is 1. The van der Waals surface area contributed by atoms with E-state index in [-0.39, 0.29) is 24.8 Å². The van der Waals surface area contributed by atoms with Crippen LogP contribution in [-0.2, 0) is 11.2 Å². The van der Waals surface area contributed by atoms with Crippen molar-refractivity contribution in [3.8, 4) is 0 Å². The van der Waals surface area contributed by atoms with Gasteiger partial charge in [-0.05, 0) is 19.3 Å². The van der Waals surface area contributed by atoms with E-state index in [0.717, 1.165) is 18.4 Å². The highest BCUT2D eigenvalue weighted by Gasteiger charge is 2.27. The number of halogens is 2. The van der Waals surface area contributed by atoms with Gasteiger partial charge in [0, 0.05) is 11.8 Å². The van der Waals surface area contributed by atoms with E-state index in [0.29, 0.717) is 6.42 Å². The van der Waals surface area contributed by atoms with E-state index >= 15 is 0 Å². The van der Waals surface area contributed by atoms with Gasteiger partial charge in [-0.2, -0.15) is 4.98 Å². The first-order valence-electron chi connectivity index (χ1n) is 6.33. The Labute approximate surface area is 115 Å². The first-order valence-corrected chi connectivity index (χ1v) is 6.33. The van der Waals surface area contributed by atoms with Crippen molar-refractivity contribution < 1.29 is 18.6 Å². The van der Waals surface area contributed by atoms with Gasteiger partial charge in [0.15, 0.2) is 0 Å². The highest BCUT2D eigenvalue weighted by molar-refractivity contribution is 5.36.